The number of hydrogen-bond donors (Lipinski definition) is 0. The molecule has 7 nitrogen and oxygen atoms in total. The zero-order chi connectivity index (χ0) is 22.5. The van der Waals surface area contributed by atoms with Crippen molar-refractivity contribution in [2.75, 3.05) is 0 Å². The summed E-state index contributed by atoms with van der Waals surface area (Å²) in [5.41, 5.74) is 4.31. The highest BCUT2D eigenvalue weighted by atomic mass is 32.2. The van der Waals surface area contributed by atoms with Crippen LogP contribution in [0.5, 0.6) is 0 Å². The van der Waals surface area contributed by atoms with Crippen LogP contribution in [0.25, 0.3) is 22.8 Å². The summed E-state index contributed by atoms with van der Waals surface area (Å²) < 4.78 is 7.59. The maximum Gasteiger partial charge on any atom is 0.237 e. The Labute approximate surface area is 195 Å². The lowest BCUT2D eigenvalue weighted by Gasteiger charge is -2.10. The zero-order valence-corrected chi connectivity index (χ0v) is 18.9. The van der Waals surface area contributed by atoms with Gasteiger partial charge in [-0.15, -0.1) is 10.2 Å². The molecule has 0 unspecified atom stereocenters. The minimum absolute atomic E-state index is 0.500. The summed E-state index contributed by atoms with van der Waals surface area (Å²) in [4.78, 5) is 8.80. The average molecular weight is 455 g/mol. The van der Waals surface area contributed by atoms with Crippen LogP contribution < -0.4 is 0 Å². The highest BCUT2D eigenvalue weighted by Crippen LogP contribution is 2.27. The van der Waals surface area contributed by atoms with E-state index in [9.17, 15) is 0 Å². The maximum absolute atomic E-state index is 5.50. The van der Waals surface area contributed by atoms with Gasteiger partial charge in [-0.1, -0.05) is 78.4 Å². The molecule has 2 aromatic carbocycles. The molecule has 164 valence electrons. The number of pyridine rings is 1. The Bertz CT molecular complexity index is 1320. The van der Waals surface area contributed by atoms with Crippen LogP contribution in [0.3, 0.4) is 0 Å². The van der Waals surface area contributed by atoms with Gasteiger partial charge in [0.1, 0.15) is 0 Å². The Hall–Kier alpha value is -3.78. The third kappa shape index (κ3) is 4.85. The van der Waals surface area contributed by atoms with Crippen molar-refractivity contribution in [2.24, 2.45) is 0 Å². The van der Waals surface area contributed by atoms with Crippen LogP contribution >= 0.6 is 11.8 Å². The molecule has 0 aliphatic carbocycles. The van der Waals surface area contributed by atoms with E-state index in [2.05, 4.69) is 61.1 Å². The molecule has 5 rings (SSSR count). The summed E-state index contributed by atoms with van der Waals surface area (Å²) >= 11 is 1.52. The van der Waals surface area contributed by atoms with Crippen LogP contribution in [0, 0.1) is 0 Å². The summed E-state index contributed by atoms with van der Waals surface area (Å²) in [6, 6.07) is 22.4. The third-order valence-corrected chi connectivity index (χ3v) is 6.18. The first kappa shape index (κ1) is 21.1. The van der Waals surface area contributed by atoms with Crippen molar-refractivity contribution >= 4 is 11.8 Å². The van der Waals surface area contributed by atoms with E-state index in [0.717, 1.165) is 28.5 Å². The second kappa shape index (κ2) is 9.79. The lowest BCUT2D eigenvalue weighted by atomic mass is 10.1. The van der Waals surface area contributed by atoms with Crippen molar-refractivity contribution in [1.82, 2.24) is 29.9 Å². The minimum atomic E-state index is 0.500. The molecule has 0 atom stereocenters. The molecular formula is C25H22N6OS. The number of thioether (sulfide) groups is 1. The Morgan fingerprint density at radius 2 is 1.73 bits per heavy atom. The van der Waals surface area contributed by atoms with E-state index in [0.29, 0.717) is 24.0 Å². The first-order chi connectivity index (χ1) is 16.3. The minimum Gasteiger partial charge on any atom is -0.338 e. The number of rotatable bonds is 8. The molecule has 0 bridgehead atoms. The standard InChI is InChI=1S/C25H22N6OS/c1-2-18-10-12-20(13-11-18)23-27-22(32-30-23)17-33-25-29-28-24(21-9-6-14-26-15-21)31(25)16-19-7-4-3-5-8-19/h3-15H,2,16-17H2,1H3. The molecule has 0 radical (unpaired) electrons. The SMILES string of the molecule is CCc1ccc(-c2noc(CSc3nnc(-c4cccnc4)n3Cc3ccccc3)n2)cc1. The van der Waals surface area contributed by atoms with Gasteiger partial charge >= 0.3 is 0 Å². The number of benzene rings is 2. The molecule has 3 heterocycles. The molecule has 0 aliphatic rings. The Kier molecular flexibility index (Phi) is 6.25. The van der Waals surface area contributed by atoms with Gasteiger partial charge in [0, 0.05) is 23.5 Å². The van der Waals surface area contributed by atoms with Crippen molar-refractivity contribution in [3.8, 4) is 22.8 Å². The summed E-state index contributed by atoms with van der Waals surface area (Å²) in [5.74, 6) is 2.42. The van der Waals surface area contributed by atoms with E-state index in [1.807, 2.05) is 42.5 Å². The van der Waals surface area contributed by atoms with Crippen LogP contribution in [0.4, 0.5) is 0 Å². The predicted molar refractivity (Wildman–Crippen MR) is 127 cm³/mol. The number of nitrogens with zero attached hydrogens (tertiary/aromatic N) is 6. The van der Waals surface area contributed by atoms with Crippen LogP contribution in [-0.2, 0) is 18.7 Å². The average Bonchev–Trinajstić information content (AvgIpc) is 3.51. The van der Waals surface area contributed by atoms with Crippen molar-refractivity contribution in [2.45, 2.75) is 30.8 Å². The molecule has 5 aromatic rings. The molecule has 33 heavy (non-hydrogen) atoms. The third-order valence-electron chi connectivity index (χ3n) is 5.23. The van der Waals surface area contributed by atoms with Gasteiger partial charge in [0.05, 0.1) is 12.3 Å². The van der Waals surface area contributed by atoms with E-state index >= 15 is 0 Å². The number of aryl methyl sites for hydroxylation is 1. The van der Waals surface area contributed by atoms with E-state index in [-0.39, 0.29) is 0 Å². The monoisotopic (exact) mass is 454 g/mol. The predicted octanol–water partition coefficient (Wildman–Crippen LogP) is 5.29. The molecule has 0 aliphatic heterocycles. The van der Waals surface area contributed by atoms with Crippen molar-refractivity contribution in [3.63, 3.8) is 0 Å². The highest BCUT2D eigenvalue weighted by Gasteiger charge is 2.17. The lowest BCUT2D eigenvalue weighted by molar-refractivity contribution is 0.391. The maximum atomic E-state index is 5.50. The molecule has 0 saturated carbocycles. The highest BCUT2D eigenvalue weighted by molar-refractivity contribution is 7.98. The normalized spacial score (nSPS) is 11.1. The molecule has 0 spiro atoms. The van der Waals surface area contributed by atoms with Gasteiger partial charge in [-0.3, -0.25) is 9.55 Å². The zero-order valence-electron chi connectivity index (χ0n) is 18.1. The smallest absolute Gasteiger partial charge is 0.237 e. The molecule has 8 heteroatoms. The first-order valence-electron chi connectivity index (χ1n) is 10.7. The fourth-order valence-corrected chi connectivity index (χ4v) is 4.23. The lowest BCUT2D eigenvalue weighted by Crippen LogP contribution is -2.04. The van der Waals surface area contributed by atoms with Crippen LogP contribution in [-0.4, -0.2) is 29.9 Å². The van der Waals surface area contributed by atoms with Crippen LogP contribution in [0.2, 0.25) is 0 Å². The van der Waals surface area contributed by atoms with Gasteiger partial charge in [0.2, 0.25) is 11.7 Å². The van der Waals surface area contributed by atoms with Gasteiger partial charge in [0.15, 0.2) is 11.0 Å². The number of aromatic nitrogens is 6. The van der Waals surface area contributed by atoms with Crippen LogP contribution in [0.15, 0.2) is 88.8 Å². The van der Waals surface area contributed by atoms with Gasteiger partial charge in [0.25, 0.3) is 0 Å². The van der Waals surface area contributed by atoms with Crippen molar-refractivity contribution in [1.29, 1.82) is 0 Å². The molecule has 0 amide bonds. The molecule has 0 fully saturated rings. The summed E-state index contributed by atoms with van der Waals surface area (Å²) in [6.07, 6.45) is 4.55. The summed E-state index contributed by atoms with van der Waals surface area (Å²) in [7, 11) is 0. The Balaban J connectivity index is 1.37. The first-order valence-corrected chi connectivity index (χ1v) is 11.7. The molecule has 0 saturated heterocycles. The van der Waals surface area contributed by atoms with Crippen molar-refractivity contribution < 1.29 is 4.52 Å². The molecular weight excluding hydrogens is 432 g/mol. The van der Waals surface area contributed by atoms with E-state index in [1.54, 1.807) is 12.4 Å². The van der Waals surface area contributed by atoms with E-state index < -0.39 is 0 Å². The van der Waals surface area contributed by atoms with E-state index in [1.165, 1.54) is 22.9 Å². The Morgan fingerprint density at radius 1 is 0.879 bits per heavy atom. The quantitative estimate of drug-likeness (QED) is 0.295. The fraction of sp³-hybridized carbons (Fsp3) is 0.160. The van der Waals surface area contributed by atoms with Gasteiger partial charge in [-0.05, 0) is 29.7 Å². The van der Waals surface area contributed by atoms with Gasteiger partial charge < -0.3 is 4.52 Å². The summed E-state index contributed by atoms with van der Waals surface area (Å²) in [6.45, 7) is 2.79. The summed E-state index contributed by atoms with van der Waals surface area (Å²) in [5, 5.41) is 13.8. The largest absolute Gasteiger partial charge is 0.338 e. The Morgan fingerprint density at radius 3 is 2.48 bits per heavy atom. The van der Waals surface area contributed by atoms with Gasteiger partial charge in [-0.2, -0.15) is 4.98 Å². The second-order valence-electron chi connectivity index (χ2n) is 7.47. The molecule has 3 aromatic heterocycles. The van der Waals surface area contributed by atoms with Crippen LogP contribution in [0.1, 0.15) is 23.9 Å². The fourth-order valence-electron chi connectivity index (χ4n) is 3.46. The number of hydrogen-bond acceptors (Lipinski definition) is 7. The topological polar surface area (TPSA) is 82.5 Å². The van der Waals surface area contributed by atoms with E-state index in [4.69, 9.17) is 4.52 Å². The van der Waals surface area contributed by atoms with Gasteiger partial charge in [-0.25, -0.2) is 0 Å². The van der Waals surface area contributed by atoms with Crippen molar-refractivity contribution in [3.05, 3.63) is 96.1 Å². The molecule has 0 N–H and O–H groups in total. The second-order valence-corrected chi connectivity index (χ2v) is 8.41.